The molecule has 1 aromatic rings. The molecule has 20 heavy (non-hydrogen) atoms. The zero-order chi connectivity index (χ0) is 14.4. The van der Waals surface area contributed by atoms with Gasteiger partial charge in [-0.05, 0) is 31.4 Å². The summed E-state index contributed by atoms with van der Waals surface area (Å²) in [6, 6.07) is 7.58. The smallest absolute Gasteiger partial charge is 0.305 e. The maximum atomic E-state index is 10.8. The summed E-state index contributed by atoms with van der Waals surface area (Å²) in [5.74, 6) is -0.790. The van der Waals surface area contributed by atoms with Gasteiger partial charge in [0, 0.05) is 19.7 Å². The average Bonchev–Trinajstić information content (AvgIpc) is 2.93. The monoisotopic (exact) mass is 278 g/mol. The topological polar surface area (TPSA) is 75.8 Å². The SMILES string of the molecule is Nc1ccccc1N(CCC(=O)O)CCC1CCCO1. The Hall–Kier alpha value is -1.75. The molecule has 1 aliphatic heterocycles. The van der Waals surface area contributed by atoms with E-state index in [0.29, 0.717) is 18.3 Å². The molecule has 0 aliphatic carbocycles. The van der Waals surface area contributed by atoms with Gasteiger partial charge in [-0.3, -0.25) is 4.79 Å². The number of nitrogens with two attached hydrogens (primary N) is 1. The van der Waals surface area contributed by atoms with Crippen molar-refractivity contribution in [3.8, 4) is 0 Å². The van der Waals surface area contributed by atoms with Gasteiger partial charge in [-0.1, -0.05) is 12.1 Å². The molecular weight excluding hydrogens is 256 g/mol. The van der Waals surface area contributed by atoms with E-state index in [9.17, 15) is 4.79 Å². The average molecular weight is 278 g/mol. The van der Waals surface area contributed by atoms with Crippen LogP contribution in [-0.4, -0.2) is 36.9 Å². The summed E-state index contributed by atoms with van der Waals surface area (Å²) in [5.41, 5.74) is 7.59. The Morgan fingerprint density at radius 1 is 1.40 bits per heavy atom. The zero-order valence-electron chi connectivity index (χ0n) is 11.6. The van der Waals surface area contributed by atoms with Crippen LogP contribution in [0.4, 0.5) is 11.4 Å². The van der Waals surface area contributed by atoms with Gasteiger partial charge in [0.05, 0.1) is 23.9 Å². The third-order valence-corrected chi connectivity index (χ3v) is 3.62. The standard InChI is InChI=1S/C15H22N2O3/c16-13-5-1-2-6-14(13)17(10-8-15(18)19)9-7-12-4-3-11-20-12/h1-2,5-6,12H,3-4,7-11,16H2,(H,18,19). The lowest BCUT2D eigenvalue weighted by atomic mass is 10.1. The van der Waals surface area contributed by atoms with Crippen LogP contribution in [0.3, 0.4) is 0 Å². The van der Waals surface area contributed by atoms with E-state index >= 15 is 0 Å². The molecule has 1 atom stereocenters. The number of benzene rings is 1. The summed E-state index contributed by atoms with van der Waals surface area (Å²) in [4.78, 5) is 12.8. The van der Waals surface area contributed by atoms with E-state index in [1.54, 1.807) is 0 Å². The summed E-state index contributed by atoms with van der Waals surface area (Å²) in [6.07, 6.45) is 3.53. The molecule has 1 unspecified atom stereocenters. The minimum atomic E-state index is -0.790. The van der Waals surface area contributed by atoms with E-state index in [1.807, 2.05) is 29.2 Å². The first kappa shape index (κ1) is 14.7. The van der Waals surface area contributed by atoms with Crippen LogP contribution in [0.5, 0.6) is 0 Å². The lowest BCUT2D eigenvalue weighted by molar-refractivity contribution is -0.136. The van der Waals surface area contributed by atoms with Gasteiger partial charge >= 0.3 is 5.97 Å². The Morgan fingerprint density at radius 2 is 2.20 bits per heavy atom. The van der Waals surface area contributed by atoms with Crippen molar-refractivity contribution in [1.82, 2.24) is 0 Å². The first-order chi connectivity index (χ1) is 9.66. The van der Waals surface area contributed by atoms with Crippen LogP contribution in [0.15, 0.2) is 24.3 Å². The molecule has 0 spiro atoms. The van der Waals surface area contributed by atoms with Gasteiger partial charge in [0.1, 0.15) is 0 Å². The number of aliphatic carboxylic acids is 1. The van der Waals surface area contributed by atoms with Crippen molar-refractivity contribution in [2.45, 2.75) is 31.8 Å². The highest BCUT2D eigenvalue weighted by Gasteiger charge is 2.18. The number of nitrogen functional groups attached to an aromatic ring is 1. The lowest BCUT2D eigenvalue weighted by Gasteiger charge is -2.26. The molecule has 0 bridgehead atoms. The summed E-state index contributed by atoms with van der Waals surface area (Å²) in [5, 5.41) is 8.88. The van der Waals surface area contributed by atoms with Crippen molar-refractivity contribution >= 4 is 17.3 Å². The van der Waals surface area contributed by atoms with Crippen LogP contribution in [-0.2, 0) is 9.53 Å². The first-order valence-electron chi connectivity index (χ1n) is 7.09. The predicted molar refractivity (Wildman–Crippen MR) is 78.9 cm³/mol. The molecule has 1 aromatic carbocycles. The number of nitrogens with zero attached hydrogens (tertiary/aromatic N) is 1. The van der Waals surface area contributed by atoms with Gasteiger partial charge in [-0.25, -0.2) is 0 Å². The molecule has 1 saturated heterocycles. The molecule has 1 aliphatic rings. The van der Waals surface area contributed by atoms with Crippen molar-refractivity contribution in [3.63, 3.8) is 0 Å². The molecule has 0 amide bonds. The molecule has 0 aromatic heterocycles. The molecule has 1 heterocycles. The summed E-state index contributed by atoms with van der Waals surface area (Å²) in [7, 11) is 0. The second kappa shape index (κ2) is 7.14. The fourth-order valence-electron chi connectivity index (χ4n) is 2.53. The predicted octanol–water partition coefficient (Wildman–Crippen LogP) is 2.12. The highest BCUT2D eigenvalue weighted by atomic mass is 16.5. The van der Waals surface area contributed by atoms with Crippen LogP contribution in [0.25, 0.3) is 0 Å². The molecule has 2 rings (SSSR count). The van der Waals surface area contributed by atoms with Crippen molar-refractivity contribution in [3.05, 3.63) is 24.3 Å². The van der Waals surface area contributed by atoms with Gasteiger partial charge in [-0.15, -0.1) is 0 Å². The van der Waals surface area contributed by atoms with Crippen molar-refractivity contribution < 1.29 is 14.6 Å². The van der Waals surface area contributed by atoms with E-state index in [-0.39, 0.29) is 6.42 Å². The summed E-state index contributed by atoms with van der Waals surface area (Å²) < 4.78 is 5.62. The van der Waals surface area contributed by atoms with E-state index in [1.165, 1.54) is 0 Å². The first-order valence-corrected chi connectivity index (χ1v) is 7.09. The van der Waals surface area contributed by atoms with E-state index in [2.05, 4.69) is 0 Å². The van der Waals surface area contributed by atoms with Gasteiger partial charge in [-0.2, -0.15) is 0 Å². The minimum Gasteiger partial charge on any atom is -0.481 e. The number of rotatable bonds is 7. The zero-order valence-corrected chi connectivity index (χ0v) is 11.6. The number of carbonyl (C=O) groups is 1. The maximum Gasteiger partial charge on any atom is 0.305 e. The Morgan fingerprint density at radius 3 is 2.85 bits per heavy atom. The van der Waals surface area contributed by atoms with Gasteiger partial charge in [0.25, 0.3) is 0 Å². The third kappa shape index (κ3) is 4.13. The Kier molecular flexibility index (Phi) is 5.24. The van der Waals surface area contributed by atoms with Crippen LogP contribution < -0.4 is 10.6 Å². The van der Waals surface area contributed by atoms with Gasteiger partial charge in [0.15, 0.2) is 0 Å². The van der Waals surface area contributed by atoms with Crippen molar-refractivity contribution in [1.29, 1.82) is 0 Å². The Balaban J connectivity index is 1.99. The van der Waals surface area contributed by atoms with E-state index < -0.39 is 5.97 Å². The van der Waals surface area contributed by atoms with Crippen LogP contribution in [0.2, 0.25) is 0 Å². The van der Waals surface area contributed by atoms with Crippen molar-refractivity contribution in [2.24, 2.45) is 0 Å². The lowest BCUT2D eigenvalue weighted by Crippen LogP contribution is -2.30. The Labute approximate surface area is 119 Å². The number of carboxylic acid groups (broad SMARTS) is 1. The molecule has 110 valence electrons. The quantitative estimate of drug-likeness (QED) is 0.747. The normalized spacial score (nSPS) is 18.1. The van der Waals surface area contributed by atoms with Crippen LogP contribution >= 0.6 is 0 Å². The number of hydrogen-bond donors (Lipinski definition) is 2. The largest absolute Gasteiger partial charge is 0.481 e. The summed E-state index contributed by atoms with van der Waals surface area (Å²) >= 11 is 0. The number of carboxylic acids is 1. The molecule has 1 fully saturated rings. The molecule has 0 saturated carbocycles. The fraction of sp³-hybridized carbons (Fsp3) is 0.533. The fourth-order valence-corrected chi connectivity index (χ4v) is 2.53. The molecular formula is C15H22N2O3. The van der Waals surface area contributed by atoms with E-state index in [0.717, 1.165) is 38.1 Å². The van der Waals surface area contributed by atoms with Crippen molar-refractivity contribution in [2.75, 3.05) is 30.3 Å². The van der Waals surface area contributed by atoms with Gasteiger partial charge in [0.2, 0.25) is 0 Å². The summed E-state index contributed by atoms with van der Waals surface area (Å²) in [6.45, 7) is 2.08. The highest BCUT2D eigenvalue weighted by molar-refractivity contribution is 5.70. The minimum absolute atomic E-state index is 0.111. The number of hydrogen-bond acceptors (Lipinski definition) is 4. The van der Waals surface area contributed by atoms with Crippen LogP contribution in [0, 0.1) is 0 Å². The van der Waals surface area contributed by atoms with Crippen LogP contribution in [0.1, 0.15) is 25.7 Å². The number of anilines is 2. The molecule has 3 N–H and O–H groups in total. The second-order valence-electron chi connectivity index (χ2n) is 5.11. The number of ether oxygens (including phenoxy) is 1. The molecule has 5 nitrogen and oxygen atoms in total. The maximum absolute atomic E-state index is 10.8. The molecule has 5 heteroatoms. The third-order valence-electron chi connectivity index (χ3n) is 3.62. The second-order valence-corrected chi connectivity index (χ2v) is 5.11. The van der Waals surface area contributed by atoms with Gasteiger partial charge < -0.3 is 20.5 Å². The Bertz CT molecular complexity index is 444. The highest BCUT2D eigenvalue weighted by Crippen LogP contribution is 2.24. The number of para-hydroxylation sites is 2. The van der Waals surface area contributed by atoms with E-state index in [4.69, 9.17) is 15.6 Å². The molecule has 0 radical (unpaired) electrons.